The molecule has 0 bridgehead atoms. The molecule has 77 heavy (non-hydrogen) atoms. The molecule has 0 radical (unpaired) electrons. The molecule has 17 rings (SSSR count). The molecule has 0 fully saturated rings. The van der Waals surface area contributed by atoms with E-state index in [1.807, 2.05) is 6.07 Å². The van der Waals surface area contributed by atoms with Crippen molar-refractivity contribution in [3.8, 4) is 39.1 Å². The molecule has 1 aliphatic heterocycles. The molecule has 1 atom stereocenters. The van der Waals surface area contributed by atoms with Gasteiger partial charge in [0.25, 0.3) is 0 Å². The predicted molar refractivity (Wildman–Crippen MR) is 316 cm³/mol. The molecule has 12 aromatic carbocycles. The standard InChI is InChI=1S/C74H46N2O/c1-3-20-48(21-4-1)73(49-22-5-2-6-23-49)60-31-12-8-26-57(60)71-62(73)33-19-37-67(71)75(50-42-40-47(41-43-50)52-28-18-39-69-70(52)58-27-10-16-38-68(58)77-69)51-44-45-54-53-24-7-11-30-59(53)74(64(54)46-51)61-32-13-15-36-66(61)76-65-35-14-9-25-55(65)56-29-17-34-63(74)72(56)76/h1-46H. The number of furan rings is 1. The van der Waals surface area contributed by atoms with E-state index in [0.29, 0.717) is 0 Å². The third kappa shape index (κ3) is 5.49. The van der Waals surface area contributed by atoms with Crippen molar-refractivity contribution >= 4 is 60.8 Å². The van der Waals surface area contributed by atoms with Crippen LogP contribution in [0.1, 0.15) is 44.5 Å². The van der Waals surface area contributed by atoms with Gasteiger partial charge in [0.05, 0.1) is 33.2 Å². The smallest absolute Gasteiger partial charge is 0.136 e. The Morgan fingerprint density at radius 1 is 0.338 bits per heavy atom. The van der Waals surface area contributed by atoms with Gasteiger partial charge in [-0.25, -0.2) is 0 Å². The van der Waals surface area contributed by atoms with Crippen LogP contribution in [0.25, 0.3) is 82.8 Å². The van der Waals surface area contributed by atoms with E-state index in [1.165, 1.54) is 94.3 Å². The van der Waals surface area contributed by atoms with Crippen LogP contribution in [0.5, 0.6) is 0 Å². The summed E-state index contributed by atoms with van der Waals surface area (Å²) >= 11 is 0. The van der Waals surface area contributed by atoms with Crippen molar-refractivity contribution in [1.29, 1.82) is 0 Å². The van der Waals surface area contributed by atoms with Crippen LogP contribution in [0, 0.1) is 0 Å². The minimum atomic E-state index is -0.620. The molecular weight excluding hydrogens is 933 g/mol. The molecule has 2 aliphatic carbocycles. The van der Waals surface area contributed by atoms with Crippen molar-refractivity contribution in [2.75, 3.05) is 4.90 Å². The van der Waals surface area contributed by atoms with Gasteiger partial charge in [0.2, 0.25) is 0 Å². The third-order valence-electron chi connectivity index (χ3n) is 17.5. The summed E-state index contributed by atoms with van der Waals surface area (Å²) in [4.78, 5) is 2.54. The lowest BCUT2D eigenvalue weighted by Crippen LogP contribution is -2.33. The van der Waals surface area contributed by atoms with E-state index in [-0.39, 0.29) is 0 Å². The molecule has 1 unspecified atom stereocenters. The van der Waals surface area contributed by atoms with Gasteiger partial charge < -0.3 is 13.9 Å². The third-order valence-corrected chi connectivity index (χ3v) is 17.5. The first-order valence-electron chi connectivity index (χ1n) is 26.7. The number of aromatic nitrogens is 1. The first kappa shape index (κ1) is 42.4. The number of anilines is 3. The van der Waals surface area contributed by atoms with Crippen LogP contribution in [-0.4, -0.2) is 4.57 Å². The maximum atomic E-state index is 6.42. The highest BCUT2D eigenvalue weighted by atomic mass is 16.3. The fraction of sp³-hybridized carbons (Fsp3) is 0.0270. The van der Waals surface area contributed by atoms with Gasteiger partial charge in [-0.15, -0.1) is 0 Å². The maximum absolute atomic E-state index is 6.42. The van der Waals surface area contributed by atoms with E-state index in [4.69, 9.17) is 4.42 Å². The van der Waals surface area contributed by atoms with Crippen LogP contribution < -0.4 is 4.90 Å². The number of para-hydroxylation sites is 4. The summed E-state index contributed by atoms with van der Waals surface area (Å²) in [6, 6.07) is 104. The number of benzene rings is 12. The Balaban J connectivity index is 0.955. The Hall–Kier alpha value is -9.96. The van der Waals surface area contributed by atoms with Crippen LogP contribution in [0.4, 0.5) is 17.1 Å². The summed E-state index contributed by atoms with van der Waals surface area (Å²) in [6.07, 6.45) is 0. The van der Waals surface area contributed by atoms with Crippen molar-refractivity contribution in [1.82, 2.24) is 4.57 Å². The van der Waals surface area contributed by atoms with E-state index in [2.05, 4.69) is 282 Å². The van der Waals surface area contributed by atoms with Crippen LogP contribution in [0.3, 0.4) is 0 Å². The van der Waals surface area contributed by atoms with Crippen molar-refractivity contribution < 1.29 is 4.42 Å². The fourth-order valence-electron chi connectivity index (χ4n) is 14.6. The first-order chi connectivity index (χ1) is 38.2. The Bertz CT molecular complexity index is 4710. The van der Waals surface area contributed by atoms with E-state index in [1.54, 1.807) is 0 Å². The van der Waals surface area contributed by atoms with Gasteiger partial charge in [0, 0.05) is 38.5 Å². The van der Waals surface area contributed by atoms with Crippen LogP contribution in [0.2, 0.25) is 0 Å². The van der Waals surface area contributed by atoms with E-state index >= 15 is 0 Å². The minimum absolute atomic E-state index is 0.571. The largest absolute Gasteiger partial charge is 0.456 e. The summed E-state index contributed by atoms with van der Waals surface area (Å²) in [5.41, 5.74) is 25.1. The van der Waals surface area contributed by atoms with Gasteiger partial charge in [0.1, 0.15) is 11.2 Å². The Labute approximate surface area is 445 Å². The van der Waals surface area contributed by atoms with Gasteiger partial charge in [-0.2, -0.15) is 0 Å². The topological polar surface area (TPSA) is 21.3 Å². The van der Waals surface area contributed by atoms with Crippen molar-refractivity contribution in [2.45, 2.75) is 10.8 Å². The van der Waals surface area contributed by atoms with Crippen molar-refractivity contribution in [3.05, 3.63) is 324 Å². The predicted octanol–water partition coefficient (Wildman–Crippen LogP) is 18.9. The van der Waals surface area contributed by atoms with E-state index < -0.39 is 10.8 Å². The number of fused-ring (bicyclic) bond motifs is 18. The molecule has 14 aromatic rings. The second kappa shape index (κ2) is 15.8. The zero-order valence-electron chi connectivity index (χ0n) is 41.9. The van der Waals surface area contributed by atoms with Gasteiger partial charge in [0.15, 0.2) is 0 Å². The van der Waals surface area contributed by atoms with E-state index in [0.717, 1.165) is 50.1 Å². The van der Waals surface area contributed by atoms with Crippen LogP contribution in [-0.2, 0) is 10.8 Å². The lowest BCUT2D eigenvalue weighted by atomic mass is 9.65. The van der Waals surface area contributed by atoms with Crippen molar-refractivity contribution in [2.24, 2.45) is 0 Å². The van der Waals surface area contributed by atoms with Gasteiger partial charge in [-0.3, -0.25) is 0 Å². The minimum Gasteiger partial charge on any atom is -0.456 e. The zero-order valence-corrected chi connectivity index (χ0v) is 41.9. The van der Waals surface area contributed by atoms with Crippen molar-refractivity contribution in [3.63, 3.8) is 0 Å². The zero-order chi connectivity index (χ0) is 50.4. The second-order valence-corrected chi connectivity index (χ2v) is 21.0. The van der Waals surface area contributed by atoms with E-state index in [9.17, 15) is 0 Å². The molecule has 0 saturated heterocycles. The molecule has 358 valence electrons. The average molecular weight is 979 g/mol. The molecule has 0 N–H and O–H groups in total. The Morgan fingerprint density at radius 2 is 0.896 bits per heavy atom. The quantitative estimate of drug-likeness (QED) is 0.166. The highest BCUT2D eigenvalue weighted by Gasteiger charge is 2.52. The molecule has 0 saturated carbocycles. The molecule has 3 aliphatic rings. The summed E-state index contributed by atoms with van der Waals surface area (Å²) in [5.74, 6) is 0. The molecule has 3 heterocycles. The molecular formula is C74H46N2O. The fourth-order valence-corrected chi connectivity index (χ4v) is 14.6. The Kier molecular flexibility index (Phi) is 8.69. The molecule has 0 amide bonds. The highest BCUT2D eigenvalue weighted by Crippen LogP contribution is 2.63. The Morgan fingerprint density at radius 3 is 1.70 bits per heavy atom. The lowest BCUT2D eigenvalue weighted by molar-refractivity contribution is 0.669. The molecule has 3 heteroatoms. The summed E-state index contributed by atoms with van der Waals surface area (Å²) in [5, 5.41) is 4.79. The normalized spacial score (nSPS) is 15.2. The summed E-state index contributed by atoms with van der Waals surface area (Å²) < 4.78 is 8.95. The number of hydrogen-bond acceptors (Lipinski definition) is 2. The second-order valence-electron chi connectivity index (χ2n) is 21.0. The number of rotatable bonds is 6. The average Bonchev–Trinajstić information content (AvgIpc) is 4.03. The number of nitrogens with zero attached hydrogens (tertiary/aromatic N) is 2. The monoisotopic (exact) mass is 978 g/mol. The lowest BCUT2D eigenvalue weighted by Gasteiger charge is -2.40. The summed E-state index contributed by atoms with van der Waals surface area (Å²) in [6.45, 7) is 0. The maximum Gasteiger partial charge on any atom is 0.136 e. The summed E-state index contributed by atoms with van der Waals surface area (Å²) in [7, 11) is 0. The van der Waals surface area contributed by atoms with Gasteiger partial charge >= 0.3 is 0 Å². The molecule has 2 aromatic heterocycles. The number of hydrogen-bond donors (Lipinski definition) is 0. The van der Waals surface area contributed by atoms with Crippen LogP contribution in [0.15, 0.2) is 283 Å². The van der Waals surface area contributed by atoms with Crippen LogP contribution >= 0.6 is 0 Å². The van der Waals surface area contributed by atoms with Gasteiger partial charge in [-0.1, -0.05) is 224 Å². The highest BCUT2D eigenvalue weighted by molar-refractivity contribution is 6.14. The molecule has 3 nitrogen and oxygen atoms in total. The first-order valence-corrected chi connectivity index (χ1v) is 26.7. The van der Waals surface area contributed by atoms with Gasteiger partial charge in [-0.05, 0) is 127 Å². The SMILES string of the molecule is c1ccc(C2(c3ccccc3)c3ccccc3-c3c(N(c4ccc(-c5cccc6oc7ccccc7c56)cc4)c4ccc5c(c4)C4(c6ccccc6-5)c5ccccc5-n5c6ccccc6c6cccc4c65)cccc32)cc1. The molecule has 1 spiro atoms.